The number of carboxylic acids is 1. The van der Waals surface area contributed by atoms with Gasteiger partial charge in [-0.05, 0) is 36.4 Å². The molecular weight excluding hydrogens is 356 g/mol. The molecule has 1 saturated heterocycles. The molecule has 1 heterocycles. The van der Waals surface area contributed by atoms with Crippen LogP contribution < -0.4 is 9.64 Å². The molecule has 0 unspecified atom stereocenters. The highest BCUT2D eigenvalue weighted by Gasteiger charge is 2.22. The Hall–Kier alpha value is -2.73. The number of nitrogens with zero attached hydrogens (tertiary/aromatic N) is 2. The van der Waals surface area contributed by atoms with E-state index < -0.39 is 5.97 Å². The summed E-state index contributed by atoms with van der Waals surface area (Å²) in [5.74, 6) is -0.518. The number of carbonyl (C=O) groups is 2. The summed E-state index contributed by atoms with van der Waals surface area (Å²) in [6.07, 6.45) is 0. The minimum atomic E-state index is -0.939. The number of benzene rings is 2. The van der Waals surface area contributed by atoms with Gasteiger partial charge in [-0.1, -0.05) is 23.7 Å². The lowest BCUT2D eigenvalue weighted by atomic mass is 10.2. The quantitative estimate of drug-likeness (QED) is 0.871. The number of carbonyl (C=O) groups excluding carboxylic acids is 1. The van der Waals surface area contributed by atoms with E-state index in [1.54, 1.807) is 53.4 Å². The topological polar surface area (TPSA) is 70.1 Å². The minimum absolute atomic E-state index is 0.0446. The highest BCUT2D eigenvalue weighted by Crippen LogP contribution is 2.23. The maximum Gasteiger partial charge on any atom is 0.335 e. The van der Waals surface area contributed by atoms with Gasteiger partial charge in [-0.2, -0.15) is 0 Å². The number of anilines is 1. The summed E-state index contributed by atoms with van der Waals surface area (Å²) in [5.41, 5.74) is 1.22. The number of halogens is 1. The standard InChI is InChI=1S/C19H19ClN2O4/c20-16-3-1-2-4-17(16)26-13-18(23)22-11-9-21(10-12-22)15-7-5-14(6-8-15)19(24)25/h1-8H,9-13H2,(H,24,25). The van der Waals surface area contributed by atoms with Crippen molar-refractivity contribution in [3.05, 3.63) is 59.1 Å². The number of rotatable bonds is 5. The second kappa shape index (κ2) is 8.10. The van der Waals surface area contributed by atoms with E-state index in [2.05, 4.69) is 4.90 Å². The van der Waals surface area contributed by atoms with Gasteiger partial charge in [0.2, 0.25) is 0 Å². The lowest BCUT2D eigenvalue weighted by molar-refractivity contribution is -0.133. The zero-order valence-electron chi connectivity index (χ0n) is 14.1. The molecule has 3 rings (SSSR count). The molecular formula is C19H19ClN2O4. The number of amides is 1. The Balaban J connectivity index is 1.50. The summed E-state index contributed by atoms with van der Waals surface area (Å²) < 4.78 is 5.51. The van der Waals surface area contributed by atoms with Crippen LogP contribution in [-0.2, 0) is 4.79 Å². The first-order chi connectivity index (χ1) is 12.5. The Bertz CT molecular complexity index is 786. The first-order valence-electron chi connectivity index (χ1n) is 8.28. The second-order valence-corrected chi connectivity index (χ2v) is 6.35. The van der Waals surface area contributed by atoms with Crippen LogP contribution in [0.5, 0.6) is 5.75 Å². The van der Waals surface area contributed by atoms with E-state index in [-0.39, 0.29) is 18.1 Å². The molecule has 0 saturated carbocycles. The van der Waals surface area contributed by atoms with Crippen LogP contribution in [0.1, 0.15) is 10.4 Å². The third-order valence-electron chi connectivity index (χ3n) is 4.30. The van der Waals surface area contributed by atoms with Crippen molar-refractivity contribution in [2.24, 2.45) is 0 Å². The van der Waals surface area contributed by atoms with E-state index in [0.29, 0.717) is 37.0 Å². The van der Waals surface area contributed by atoms with Crippen molar-refractivity contribution < 1.29 is 19.4 Å². The van der Waals surface area contributed by atoms with Gasteiger partial charge in [0.15, 0.2) is 6.61 Å². The van der Waals surface area contributed by atoms with Gasteiger partial charge in [-0.15, -0.1) is 0 Å². The summed E-state index contributed by atoms with van der Waals surface area (Å²) in [7, 11) is 0. The molecule has 1 aliphatic rings. The summed E-state index contributed by atoms with van der Waals surface area (Å²) in [5, 5.41) is 9.44. The van der Waals surface area contributed by atoms with E-state index >= 15 is 0 Å². The van der Waals surface area contributed by atoms with E-state index in [0.717, 1.165) is 5.69 Å². The van der Waals surface area contributed by atoms with Crippen molar-refractivity contribution in [3.8, 4) is 5.75 Å². The van der Waals surface area contributed by atoms with Gasteiger partial charge in [0.25, 0.3) is 5.91 Å². The van der Waals surface area contributed by atoms with Crippen molar-refractivity contribution in [2.45, 2.75) is 0 Å². The van der Waals surface area contributed by atoms with Crippen molar-refractivity contribution in [3.63, 3.8) is 0 Å². The Morgan fingerprint density at radius 1 is 1.00 bits per heavy atom. The Morgan fingerprint density at radius 2 is 1.65 bits per heavy atom. The SMILES string of the molecule is O=C(O)c1ccc(N2CCN(C(=O)COc3ccccc3Cl)CC2)cc1. The van der Waals surface area contributed by atoms with Crippen LogP contribution in [0.3, 0.4) is 0 Å². The summed E-state index contributed by atoms with van der Waals surface area (Å²) in [6, 6.07) is 13.8. The van der Waals surface area contributed by atoms with Gasteiger partial charge in [0, 0.05) is 31.9 Å². The second-order valence-electron chi connectivity index (χ2n) is 5.94. The lowest BCUT2D eigenvalue weighted by Gasteiger charge is -2.36. The molecule has 26 heavy (non-hydrogen) atoms. The lowest BCUT2D eigenvalue weighted by Crippen LogP contribution is -2.50. The molecule has 7 heteroatoms. The Kier molecular flexibility index (Phi) is 5.63. The first kappa shape index (κ1) is 18.1. The molecule has 1 amide bonds. The van der Waals surface area contributed by atoms with Gasteiger partial charge < -0.3 is 19.6 Å². The molecule has 0 bridgehead atoms. The predicted octanol–water partition coefficient (Wildman–Crippen LogP) is 2.77. The van der Waals surface area contributed by atoms with Crippen LogP contribution in [0.25, 0.3) is 0 Å². The maximum atomic E-state index is 12.3. The van der Waals surface area contributed by atoms with Crippen molar-refractivity contribution in [2.75, 3.05) is 37.7 Å². The highest BCUT2D eigenvalue weighted by molar-refractivity contribution is 6.32. The molecule has 136 valence electrons. The van der Waals surface area contributed by atoms with Crippen LogP contribution >= 0.6 is 11.6 Å². The summed E-state index contributed by atoms with van der Waals surface area (Å²) in [6.45, 7) is 2.50. The van der Waals surface area contributed by atoms with Gasteiger partial charge in [0.05, 0.1) is 10.6 Å². The zero-order valence-corrected chi connectivity index (χ0v) is 14.9. The van der Waals surface area contributed by atoms with Gasteiger partial charge in [0.1, 0.15) is 5.75 Å². The Morgan fingerprint density at radius 3 is 2.27 bits per heavy atom. The average Bonchev–Trinajstić information content (AvgIpc) is 2.67. The normalized spacial score (nSPS) is 14.2. The van der Waals surface area contributed by atoms with Gasteiger partial charge in [-0.25, -0.2) is 4.79 Å². The maximum absolute atomic E-state index is 12.3. The number of para-hydroxylation sites is 1. The fourth-order valence-corrected chi connectivity index (χ4v) is 3.01. The summed E-state index contributed by atoms with van der Waals surface area (Å²) in [4.78, 5) is 27.1. The molecule has 0 radical (unpaired) electrons. The molecule has 1 aliphatic heterocycles. The molecule has 0 aromatic heterocycles. The molecule has 0 atom stereocenters. The fraction of sp³-hybridized carbons (Fsp3) is 0.263. The van der Waals surface area contributed by atoms with Crippen LogP contribution in [0, 0.1) is 0 Å². The average molecular weight is 375 g/mol. The van der Waals surface area contributed by atoms with E-state index in [1.165, 1.54) is 0 Å². The van der Waals surface area contributed by atoms with E-state index in [9.17, 15) is 9.59 Å². The Labute approximate surface area is 156 Å². The van der Waals surface area contributed by atoms with E-state index in [4.69, 9.17) is 21.4 Å². The minimum Gasteiger partial charge on any atom is -0.482 e. The molecule has 0 spiro atoms. The number of hydrogen-bond donors (Lipinski definition) is 1. The monoisotopic (exact) mass is 374 g/mol. The number of carboxylic acid groups (broad SMARTS) is 1. The largest absolute Gasteiger partial charge is 0.482 e. The molecule has 6 nitrogen and oxygen atoms in total. The van der Waals surface area contributed by atoms with Crippen molar-refractivity contribution in [1.82, 2.24) is 4.90 Å². The van der Waals surface area contributed by atoms with E-state index in [1.807, 2.05) is 0 Å². The number of ether oxygens (including phenoxy) is 1. The molecule has 1 N–H and O–H groups in total. The molecule has 0 aliphatic carbocycles. The smallest absolute Gasteiger partial charge is 0.335 e. The van der Waals surface area contributed by atoms with Crippen LogP contribution in [0.15, 0.2) is 48.5 Å². The third-order valence-corrected chi connectivity index (χ3v) is 4.61. The predicted molar refractivity (Wildman–Crippen MR) is 99.1 cm³/mol. The third kappa shape index (κ3) is 4.26. The number of piperazine rings is 1. The fourth-order valence-electron chi connectivity index (χ4n) is 2.82. The molecule has 2 aromatic carbocycles. The van der Waals surface area contributed by atoms with Crippen LogP contribution in [0.4, 0.5) is 5.69 Å². The number of hydrogen-bond acceptors (Lipinski definition) is 4. The van der Waals surface area contributed by atoms with Crippen LogP contribution in [-0.4, -0.2) is 54.7 Å². The molecule has 2 aromatic rings. The van der Waals surface area contributed by atoms with Gasteiger partial charge in [-0.3, -0.25) is 4.79 Å². The van der Waals surface area contributed by atoms with Crippen molar-refractivity contribution >= 4 is 29.2 Å². The van der Waals surface area contributed by atoms with Gasteiger partial charge >= 0.3 is 5.97 Å². The molecule has 1 fully saturated rings. The van der Waals surface area contributed by atoms with Crippen molar-refractivity contribution in [1.29, 1.82) is 0 Å². The highest BCUT2D eigenvalue weighted by atomic mass is 35.5. The zero-order chi connectivity index (χ0) is 18.5. The number of aromatic carboxylic acids is 1. The summed E-state index contributed by atoms with van der Waals surface area (Å²) >= 11 is 6.02. The first-order valence-corrected chi connectivity index (χ1v) is 8.66. The van der Waals surface area contributed by atoms with Crippen LogP contribution in [0.2, 0.25) is 5.02 Å².